The summed E-state index contributed by atoms with van der Waals surface area (Å²) in [6.07, 6.45) is 3.26. The molecule has 136 valence electrons. The number of hydrogen-bond donors (Lipinski definition) is 0. The zero-order valence-electron chi connectivity index (χ0n) is 15.1. The lowest BCUT2D eigenvalue weighted by Crippen LogP contribution is -2.60. The first-order valence-corrected chi connectivity index (χ1v) is 9.45. The average Bonchev–Trinajstić information content (AvgIpc) is 3.03. The Balaban J connectivity index is 1.82. The van der Waals surface area contributed by atoms with E-state index in [1.807, 2.05) is 26.1 Å². The number of likely N-dealkylation sites (N-methyl/N-ethyl adjacent to an activating group) is 1. The molecule has 1 aromatic carbocycles. The Hall–Kier alpha value is -2.14. The number of amides is 2. The molecule has 6 heteroatoms. The molecule has 0 saturated carbocycles. The summed E-state index contributed by atoms with van der Waals surface area (Å²) >= 11 is 6.17. The summed E-state index contributed by atoms with van der Waals surface area (Å²) in [4.78, 5) is 34.6. The van der Waals surface area contributed by atoms with E-state index in [9.17, 15) is 9.59 Å². The number of rotatable bonds is 1. The number of pyridine rings is 1. The van der Waals surface area contributed by atoms with Crippen molar-refractivity contribution in [2.24, 2.45) is 0 Å². The van der Waals surface area contributed by atoms with E-state index in [1.54, 1.807) is 21.9 Å². The SMILES string of the molecule is Cc1cc(C(=O)N2CCCC23CCCN(C)C3=O)c2cc(Cl)ccc2n1. The van der Waals surface area contributed by atoms with Crippen LogP contribution >= 0.6 is 11.6 Å². The normalized spacial score (nSPS) is 23.3. The van der Waals surface area contributed by atoms with Gasteiger partial charge in [0.2, 0.25) is 5.91 Å². The van der Waals surface area contributed by atoms with Crippen molar-refractivity contribution in [3.63, 3.8) is 0 Å². The smallest absolute Gasteiger partial charge is 0.255 e. The van der Waals surface area contributed by atoms with Gasteiger partial charge in [0.15, 0.2) is 0 Å². The van der Waals surface area contributed by atoms with Crippen molar-refractivity contribution in [3.05, 3.63) is 40.5 Å². The summed E-state index contributed by atoms with van der Waals surface area (Å²) < 4.78 is 0. The molecule has 0 aliphatic carbocycles. The van der Waals surface area contributed by atoms with Crippen molar-refractivity contribution in [2.45, 2.75) is 38.1 Å². The Morgan fingerprint density at radius 2 is 1.92 bits per heavy atom. The number of benzene rings is 1. The van der Waals surface area contributed by atoms with Crippen LogP contribution in [0.5, 0.6) is 0 Å². The molecule has 2 fully saturated rings. The highest BCUT2D eigenvalue weighted by molar-refractivity contribution is 6.31. The van der Waals surface area contributed by atoms with Gasteiger partial charge in [0, 0.05) is 36.2 Å². The van der Waals surface area contributed by atoms with Crippen LogP contribution in [0.25, 0.3) is 10.9 Å². The largest absolute Gasteiger partial charge is 0.344 e. The Bertz CT molecular complexity index is 913. The lowest BCUT2D eigenvalue weighted by Gasteiger charge is -2.43. The van der Waals surface area contributed by atoms with Crippen LogP contribution < -0.4 is 0 Å². The van der Waals surface area contributed by atoms with Gasteiger partial charge in [0.05, 0.1) is 11.1 Å². The van der Waals surface area contributed by atoms with Gasteiger partial charge >= 0.3 is 0 Å². The third-order valence-corrected chi connectivity index (χ3v) is 5.93. The lowest BCUT2D eigenvalue weighted by molar-refractivity contribution is -0.144. The fraction of sp³-hybridized carbons (Fsp3) is 0.450. The lowest BCUT2D eigenvalue weighted by atomic mass is 9.85. The molecule has 2 aliphatic rings. The molecule has 5 nitrogen and oxygen atoms in total. The van der Waals surface area contributed by atoms with Gasteiger partial charge in [-0.25, -0.2) is 0 Å². The molecule has 2 aromatic rings. The van der Waals surface area contributed by atoms with E-state index < -0.39 is 5.54 Å². The zero-order chi connectivity index (χ0) is 18.5. The van der Waals surface area contributed by atoms with E-state index in [0.717, 1.165) is 48.8 Å². The highest BCUT2D eigenvalue weighted by Gasteiger charge is 2.52. The molecule has 1 spiro atoms. The van der Waals surface area contributed by atoms with E-state index in [0.29, 0.717) is 17.1 Å². The Labute approximate surface area is 157 Å². The highest BCUT2D eigenvalue weighted by atomic mass is 35.5. The fourth-order valence-electron chi connectivity index (χ4n) is 4.48. The molecule has 2 saturated heterocycles. The molecule has 3 heterocycles. The molecule has 1 atom stereocenters. The predicted octanol–water partition coefficient (Wildman–Crippen LogP) is 3.42. The number of nitrogens with zero attached hydrogens (tertiary/aromatic N) is 3. The third kappa shape index (κ3) is 2.57. The van der Waals surface area contributed by atoms with Crippen LogP contribution in [0.1, 0.15) is 41.7 Å². The second-order valence-corrected chi connectivity index (χ2v) is 7.83. The van der Waals surface area contributed by atoms with Gasteiger partial charge in [-0.2, -0.15) is 0 Å². The Morgan fingerprint density at radius 1 is 1.19 bits per heavy atom. The number of hydrogen-bond acceptors (Lipinski definition) is 3. The topological polar surface area (TPSA) is 53.5 Å². The second-order valence-electron chi connectivity index (χ2n) is 7.39. The van der Waals surface area contributed by atoms with Crippen LogP contribution in [0.15, 0.2) is 24.3 Å². The quantitative estimate of drug-likeness (QED) is 0.771. The minimum Gasteiger partial charge on any atom is -0.344 e. The van der Waals surface area contributed by atoms with Gasteiger partial charge in [-0.15, -0.1) is 0 Å². The molecule has 2 amide bonds. The van der Waals surface area contributed by atoms with Crippen molar-refractivity contribution in [2.75, 3.05) is 20.1 Å². The van der Waals surface area contributed by atoms with Crippen molar-refractivity contribution < 1.29 is 9.59 Å². The van der Waals surface area contributed by atoms with Gasteiger partial charge < -0.3 is 9.80 Å². The maximum absolute atomic E-state index is 13.5. The van der Waals surface area contributed by atoms with E-state index in [4.69, 9.17) is 11.6 Å². The Morgan fingerprint density at radius 3 is 2.69 bits per heavy atom. The van der Waals surface area contributed by atoms with Crippen molar-refractivity contribution >= 4 is 34.3 Å². The van der Waals surface area contributed by atoms with Crippen LogP contribution in [-0.2, 0) is 4.79 Å². The van der Waals surface area contributed by atoms with Crippen molar-refractivity contribution in [1.29, 1.82) is 0 Å². The van der Waals surface area contributed by atoms with Crippen LogP contribution in [0.4, 0.5) is 0 Å². The van der Waals surface area contributed by atoms with E-state index in [-0.39, 0.29) is 11.8 Å². The van der Waals surface area contributed by atoms with Gasteiger partial charge in [0.25, 0.3) is 5.91 Å². The number of carbonyl (C=O) groups excluding carboxylic acids is 2. The zero-order valence-corrected chi connectivity index (χ0v) is 15.8. The molecule has 1 unspecified atom stereocenters. The van der Waals surface area contributed by atoms with Crippen molar-refractivity contribution in [1.82, 2.24) is 14.8 Å². The first kappa shape index (κ1) is 17.3. The van der Waals surface area contributed by atoms with Crippen LogP contribution in [0.2, 0.25) is 5.02 Å². The molecule has 4 rings (SSSR count). The highest BCUT2D eigenvalue weighted by Crippen LogP contribution is 2.39. The minimum absolute atomic E-state index is 0.0720. The van der Waals surface area contributed by atoms with Gasteiger partial charge in [-0.1, -0.05) is 11.6 Å². The number of aromatic nitrogens is 1. The minimum atomic E-state index is -0.688. The molecule has 1 aromatic heterocycles. The summed E-state index contributed by atoms with van der Waals surface area (Å²) in [6, 6.07) is 7.21. The predicted molar refractivity (Wildman–Crippen MR) is 101 cm³/mol. The van der Waals surface area contributed by atoms with Gasteiger partial charge in [0.1, 0.15) is 5.54 Å². The maximum Gasteiger partial charge on any atom is 0.255 e. The number of piperidine rings is 1. The molecule has 0 N–H and O–H groups in total. The number of likely N-dealkylation sites (tertiary alicyclic amines) is 2. The number of carbonyl (C=O) groups is 2. The first-order chi connectivity index (χ1) is 12.4. The standard InChI is InChI=1S/C20H22ClN3O2/c1-13-11-16(15-12-14(21)5-6-17(15)22-13)18(25)24-10-4-8-20(24)7-3-9-23(2)19(20)26/h5-6,11-12H,3-4,7-10H2,1-2H3. The average molecular weight is 372 g/mol. The molecule has 0 radical (unpaired) electrons. The van der Waals surface area contributed by atoms with Gasteiger partial charge in [-0.3, -0.25) is 14.6 Å². The summed E-state index contributed by atoms with van der Waals surface area (Å²) in [5.41, 5.74) is 1.42. The molecule has 2 aliphatic heterocycles. The number of fused-ring (bicyclic) bond motifs is 1. The fourth-order valence-corrected chi connectivity index (χ4v) is 4.65. The third-order valence-electron chi connectivity index (χ3n) is 5.69. The molecular weight excluding hydrogens is 350 g/mol. The Kier molecular flexibility index (Phi) is 4.14. The second kappa shape index (κ2) is 6.23. The van der Waals surface area contributed by atoms with Gasteiger partial charge in [-0.05, 0) is 56.9 Å². The van der Waals surface area contributed by atoms with E-state index in [1.165, 1.54) is 0 Å². The van der Waals surface area contributed by atoms with E-state index in [2.05, 4.69) is 4.98 Å². The molecule has 0 bridgehead atoms. The molecular formula is C20H22ClN3O2. The summed E-state index contributed by atoms with van der Waals surface area (Å²) in [7, 11) is 1.83. The summed E-state index contributed by atoms with van der Waals surface area (Å²) in [5, 5.41) is 1.31. The maximum atomic E-state index is 13.5. The van der Waals surface area contributed by atoms with Crippen LogP contribution in [0, 0.1) is 6.92 Å². The summed E-state index contributed by atoms with van der Waals surface area (Å²) in [6.45, 7) is 3.25. The number of aryl methyl sites for hydroxylation is 1. The van der Waals surface area contributed by atoms with Crippen molar-refractivity contribution in [3.8, 4) is 0 Å². The first-order valence-electron chi connectivity index (χ1n) is 9.07. The molecule has 26 heavy (non-hydrogen) atoms. The number of halogens is 1. The van der Waals surface area contributed by atoms with Crippen LogP contribution in [0.3, 0.4) is 0 Å². The van der Waals surface area contributed by atoms with E-state index >= 15 is 0 Å². The summed E-state index contributed by atoms with van der Waals surface area (Å²) in [5.74, 6) is -0.0216. The monoisotopic (exact) mass is 371 g/mol. The van der Waals surface area contributed by atoms with Crippen LogP contribution in [-0.4, -0.2) is 52.3 Å².